The molecular weight excluding hydrogens is 240 g/mol. The third kappa shape index (κ3) is 3.07. The van der Waals surface area contributed by atoms with Crippen molar-refractivity contribution in [2.24, 2.45) is 0 Å². The molecule has 16 heavy (non-hydrogen) atoms. The van der Waals surface area contributed by atoms with Gasteiger partial charge in [-0.15, -0.1) is 21.5 Å². The van der Waals surface area contributed by atoms with Crippen LogP contribution in [0.4, 0.5) is 0 Å². The average molecular weight is 254 g/mol. The molecule has 1 N–H and O–H groups in total. The fourth-order valence-electron chi connectivity index (χ4n) is 1.27. The molecule has 2 rings (SSSR count). The van der Waals surface area contributed by atoms with Gasteiger partial charge >= 0.3 is 0 Å². The molecule has 0 aliphatic heterocycles. The topological polar surface area (TPSA) is 50.7 Å². The van der Waals surface area contributed by atoms with Crippen molar-refractivity contribution in [1.82, 2.24) is 20.5 Å². The van der Waals surface area contributed by atoms with E-state index in [1.165, 1.54) is 6.42 Å². The zero-order chi connectivity index (χ0) is 11.2. The molecule has 6 heteroatoms. The zero-order valence-electron chi connectivity index (χ0n) is 9.14. The van der Waals surface area contributed by atoms with Crippen molar-refractivity contribution < 1.29 is 0 Å². The summed E-state index contributed by atoms with van der Waals surface area (Å²) in [5.41, 5.74) is 1.82. The lowest BCUT2D eigenvalue weighted by Crippen LogP contribution is -2.17. The zero-order valence-corrected chi connectivity index (χ0v) is 10.8. The van der Waals surface area contributed by atoms with Crippen molar-refractivity contribution in [3.8, 4) is 9.88 Å². The molecular formula is C10H14N4S2. The lowest BCUT2D eigenvalue weighted by Gasteiger charge is -1.98. The molecule has 0 saturated heterocycles. The van der Waals surface area contributed by atoms with E-state index in [0.29, 0.717) is 0 Å². The van der Waals surface area contributed by atoms with E-state index >= 15 is 0 Å². The lowest BCUT2D eigenvalue weighted by atomic mass is 10.4. The molecule has 0 unspecified atom stereocenters. The van der Waals surface area contributed by atoms with Crippen LogP contribution in [0.1, 0.15) is 18.4 Å². The highest BCUT2D eigenvalue weighted by atomic mass is 32.1. The molecule has 86 valence electrons. The largest absolute Gasteiger partial charge is 0.316 e. The van der Waals surface area contributed by atoms with Crippen LogP contribution in [0.2, 0.25) is 0 Å². The summed E-state index contributed by atoms with van der Waals surface area (Å²) in [7, 11) is 0. The summed E-state index contributed by atoms with van der Waals surface area (Å²) in [5.74, 6) is 0. The number of rotatable bonds is 6. The summed E-state index contributed by atoms with van der Waals surface area (Å²) in [6.07, 6.45) is 3.96. The summed E-state index contributed by atoms with van der Waals surface area (Å²) in [6, 6.07) is 0. The Morgan fingerprint density at radius 3 is 3.00 bits per heavy atom. The fraction of sp³-hybridized carbons (Fsp3) is 0.500. The maximum atomic E-state index is 4.18. The summed E-state index contributed by atoms with van der Waals surface area (Å²) < 4.78 is 0. The number of nitrogens with one attached hydrogen (secondary N) is 1. The summed E-state index contributed by atoms with van der Waals surface area (Å²) in [5, 5.41) is 13.8. The van der Waals surface area contributed by atoms with Crippen LogP contribution in [0, 0.1) is 0 Å². The van der Waals surface area contributed by atoms with E-state index < -0.39 is 0 Å². The van der Waals surface area contributed by atoms with Crippen molar-refractivity contribution >= 4 is 22.7 Å². The van der Waals surface area contributed by atoms with Crippen LogP contribution in [-0.4, -0.2) is 28.3 Å². The Morgan fingerprint density at radius 2 is 2.25 bits per heavy atom. The first-order valence-electron chi connectivity index (χ1n) is 5.32. The normalized spacial score (nSPS) is 10.8. The van der Waals surface area contributed by atoms with Gasteiger partial charge in [-0.2, -0.15) is 0 Å². The number of aromatic nitrogens is 3. The van der Waals surface area contributed by atoms with Crippen molar-refractivity contribution in [1.29, 1.82) is 0 Å². The third-order valence-electron chi connectivity index (χ3n) is 2.05. The van der Waals surface area contributed by atoms with Gasteiger partial charge < -0.3 is 5.32 Å². The number of hydrogen-bond acceptors (Lipinski definition) is 6. The van der Waals surface area contributed by atoms with Gasteiger partial charge in [-0.25, -0.2) is 0 Å². The van der Waals surface area contributed by atoms with Crippen molar-refractivity contribution in [3.05, 3.63) is 16.7 Å². The molecule has 0 aliphatic carbocycles. The lowest BCUT2D eigenvalue weighted by molar-refractivity contribution is 0.668. The second kappa shape index (κ2) is 6.03. The Labute approximate surface area is 103 Å². The molecule has 0 amide bonds. The maximum Gasteiger partial charge on any atom is 0.159 e. The fourth-order valence-corrected chi connectivity index (χ4v) is 2.78. The van der Waals surface area contributed by atoms with Crippen molar-refractivity contribution in [2.45, 2.75) is 19.8 Å². The Kier molecular flexibility index (Phi) is 4.38. The monoisotopic (exact) mass is 254 g/mol. The summed E-state index contributed by atoms with van der Waals surface area (Å²) >= 11 is 3.26. The molecule has 0 fully saturated rings. The van der Waals surface area contributed by atoms with Crippen LogP contribution >= 0.6 is 22.7 Å². The maximum absolute atomic E-state index is 4.18. The van der Waals surface area contributed by atoms with Crippen LogP contribution < -0.4 is 5.32 Å². The highest BCUT2D eigenvalue weighted by Crippen LogP contribution is 2.26. The minimum Gasteiger partial charge on any atom is -0.316 e. The predicted octanol–water partition coefficient (Wildman–Crippen LogP) is 2.20. The van der Waals surface area contributed by atoms with E-state index in [1.54, 1.807) is 22.7 Å². The molecule has 0 aromatic carbocycles. The van der Waals surface area contributed by atoms with Crippen LogP contribution in [0.3, 0.4) is 0 Å². The van der Waals surface area contributed by atoms with E-state index in [2.05, 4.69) is 27.4 Å². The molecule has 0 bridgehead atoms. The summed E-state index contributed by atoms with van der Waals surface area (Å²) in [6.45, 7) is 4.21. The second-order valence-electron chi connectivity index (χ2n) is 3.37. The van der Waals surface area contributed by atoms with Gasteiger partial charge in [-0.1, -0.05) is 18.3 Å². The molecule has 2 heterocycles. The first-order chi connectivity index (χ1) is 7.90. The van der Waals surface area contributed by atoms with Crippen LogP contribution in [0.25, 0.3) is 9.88 Å². The van der Waals surface area contributed by atoms with Gasteiger partial charge in [0.15, 0.2) is 5.01 Å². The molecule has 2 aromatic rings. The van der Waals surface area contributed by atoms with E-state index in [0.717, 1.165) is 34.4 Å². The SMILES string of the molecule is CCCNCCc1nnc(-c2cncs2)s1. The van der Waals surface area contributed by atoms with E-state index in [-0.39, 0.29) is 0 Å². The Bertz CT molecular complexity index is 410. The second-order valence-corrected chi connectivity index (χ2v) is 5.32. The van der Waals surface area contributed by atoms with Crippen LogP contribution in [0.15, 0.2) is 11.7 Å². The van der Waals surface area contributed by atoms with E-state index in [1.807, 2.05) is 11.7 Å². The number of thiazole rings is 1. The van der Waals surface area contributed by atoms with Gasteiger partial charge in [-0.3, -0.25) is 4.98 Å². The van der Waals surface area contributed by atoms with Crippen LogP contribution in [0.5, 0.6) is 0 Å². The molecule has 0 radical (unpaired) electrons. The van der Waals surface area contributed by atoms with Gasteiger partial charge in [0, 0.05) is 19.2 Å². The first kappa shape index (κ1) is 11.6. The minimum atomic E-state index is 0.955. The van der Waals surface area contributed by atoms with Gasteiger partial charge in [0.05, 0.1) is 10.4 Å². The Balaban J connectivity index is 1.88. The predicted molar refractivity (Wildman–Crippen MR) is 67.9 cm³/mol. The summed E-state index contributed by atoms with van der Waals surface area (Å²) in [4.78, 5) is 5.14. The highest BCUT2D eigenvalue weighted by molar-refractivity contribution is 7.20. The Morgan fingerprint density at radius 1 is 1.31 bits per heavy atom. The molecule has 4 nitrogen and oxygen atoms in total. The van der Waals surface area contributed by atoms with Gasteiger partial charge in [0.2, 0.25) is 0 Å². The van der Waals surface area contributed by atoms with Gasteiger partial charge in [0.1, 0.15) is 5.01 Å². The highest BCUT2D eigenvalue weighted by Gasteiger charge is 2.07. The molecule has 0 spiro atoms. The van der Waals surface area contributed by atoms with Gasteiger partial charge in [-0.05, 0) is 13.0 Å². The third-order valence-corrected chi connectivity index (χ3v) is 3.98. The smallest absolute Gasteiger partial charge is 0.159 e. The molecule has 2 aromatic heterocycles. The molecule has 0 saturated carbocycles. The standard InChI is InChI=1S/C10H14N4S2/c1-2-4-11-5-3-9-13-14-10(16-9)8-6-12-7-15-8/h6-7,11H,2-5H2,1H3. The van der Waals surface area contributed by atoms with Crippen LogP contribution in [-0.2, 0) is 6.42 Å². The van der Waals surface area contributed by atoms with E-state index in [9.17, 15) is 0 Å². The number of nitrogens with zero attached hydrogens (tertiary/aromatic N) is 3. The molecule has 0 aliphatic rings. The van der Waals surface area contributed by atoms with E-state index in [4.69, 9.17) is 0 Å². The van der Waals surface area contributed by atoms with Crippen molar-refractivity contribution in [2.75, 3.05) is 13.1 Å². The quantitative estimate of drug-likeness (QED) is 0.803. The number of hydrogen-bond donors (Lipinski definition) is 1. The first-order valence-corrected chi connectivity index (χ1v) is 7.01. The minimum absolute atomic E-state index is 0.955. The Hall–Kier alpha value is -0.850. The average Bonchev–Trinajstić information content (AvgIpc) is 2.94. The van der Waals surface area contributed by atoms with Crippen molar-refractivity contribution in [3.63, 3.8) is 0 Å². The molecule has 0 atom stereocenters. The van der Waals surface area contributed by atoms with Gasteiger partial charge in [0.25, 0.3) is 0 Å².